The van der Waals surface area contributed by atoms with Crippen LogP contribution in [0, 0.1) is 11.3 Å². The number of carbonyl (C=O) groups excluding carboxylic acids is 3. The number of carbonyl (C=O) groups is 3. The Hall–Kier alpha value is -4.84. The molecule has 2 N–H and O–H groups in total. The summed E-state index contributed by atoms with van der Waals surface area (Å²) in [7, 11) is 0. The van der Waals surface area contributed by atoms with Crippen LogP contribution in [-0.4, -0.2) is 29.3 Å². The first-order valence-electron chi connectivity index (χ1n) is 10.4. The number of nitrogens with one attached hydrogen (secondary N) is 2. The van der Waals surface area contributed by atoms with Gasteiger partial charge in [0, 0.05) is 5.69 Å². The number of rotatable bonds is 6. The fourth-order valence-electron chi connectivity index (χ4n) is 3.48. The molecule has 1 saturated heterocycles. The van der Waals surface area contributed by atoms with Crippen molar-refractivity contribution in [1.29, 1.82) is 5.26 Å². The summed E-state index contributed by atoms with van der Waals surface area (Å²) in [5, 5.41) is 22.5. The third-order valence-corrected chi connectivity index (χ3v) is 5.36. The van der Waals surface area contributed by atoms with E-state index in [0.29, 0.717) is 22.5 Å². The molecule has 0 aliphatic carbocycles. The molecule has 9 heteroatoms. The maximum absolute atomic E-state index is 13.0. The molecule has 0 bridgehead atoms. The van der Waals surface area contributed by atoms with Gasteiger partial charge < -0.3 is 10.6 Å². The van der Waals surface area contributed by atoms with Gasteiger partial charge >= 0.3 is 6.03 Å². The van der Waals surface area contributed by atoms with Crippen LogP contribution in [0.25, 0.3) is 0 Å². The number of amides is 4. The summed E-state index contributed by atoms with van der Waals surface area (Å²) in [4.78, 5) is 38.8. The highest BCUT2D eigenvalue weighted by atomic mass is 16.2. The quantitative estimate of drug-likeness (QED) is 0.425. The van der Waals surface area contributed by atoms with Gasteiger partial charge in [-0.25, -0.2) is 4.79 Å². The van der Waals surface area contributed by atoms with E-state index in [9.17, 15) is 14.4 Å². The molecule has 3 aromatic rings. The second-order valence-corrected chi connectivity index (χ2v) is 7.77. The standard InChI is InChI=1S/C25H20N6O3/c1-25(18-9-7-17(15-26)8-10-18)23(33)31(24(34)28-25)16-22(32)27-19-11-13-21(14-12-19)30-29-20-5-3-2-4-6-20/h2-14H,16H2,1H3,(H,27,32)(H,28,34). The zero-order valence-electron chi connectivity index (χ0n) is 18.2. The second-order valence-electron chi connectivity index (χ2n) is 7.77. The van der Waals surface area contributed by atoms with Gasteiger partial charge in [-0.2, -0.15) is 15.5 Å². The maximum Gasteiger partial charge on any atom is 0.325 e. The van der Waals surface area contributed by atoms with Gasteiger partial charge in [-0.15, -0.1) is 0 Å². The van der Waals surface area contributed by atoms with Crippen LogP contribution in [-0.2, 0) is 15.1 Å². The summed E-state index contributed by atoms with van der Waals surface area (Å²) in [6.45, 7) is 1.13. The van der Waals surface area contributed by atoms with Gasteiger partial charge in [0.25, 0.3) is 5.91 Å². The van der Waals surface area contributed by atoms with Crippen molar-refractivity contribution in [1.82, 2.24) is 10.2 Å². The lowest BCUT2D eigenvalue weighted by atomic mass is 9.91. The smallest absolute Gasteiger partial charge is 0.325 e. The molecule has 1 unspecified atom stereocenters. The minimum Gasteiger partial charge on any atom is -0.325 e. The van der Waals surface area contributed by atoms with Crippen LogP contribution in [0.3, 0.4) is 0 Å². The summed E-state index contributed by atoms with van der Waals surface area (Å²) < 4.78 is 0. The van der Waals surface area contributed by atoms with Crippen molar-refractivity contribution < 1.29 is 14.4 Å². The van der Waals surface area contributed by atoms with Crippen molar-refractivity contribution in [2.75, 3.05) is 11.9 Å². The lowest BCUT2D eigenvalue weighted by Crippen LogP contribution is -2.42. The molecular formula is C25H20N6O3. The van der Waals surface area contributed by atoms with E-state index in [-0.39, 0.29) is 0 Å². The average Bonchev–Trinajstić information content (AvgIpc) is 3.08. The molecule has 0 radical (unpaired) electrons. The third-order valence-electron chi connectivity index (χ3n) is 5.36. The van der Waals surface area contributed by atoms with Crippen molar-refractivity contribution in [2.24, 2.45) is 10.2 Å². The van der Waals surface area contributed by atoms with E-state index in [1.807, 2.05) is 36.4 Å². The van der Waals surface area contributed by atoms with Gasteiger partial charge in [0.05, 0.1) is 23.0 Å². The van der Waals surface area contributed by atoms with Crippen molar-refractivity contribution in [3.63, 3.8) is 0 Å². The SMILES string of the molecule is CC1(c2ccc(C#N)cc2)NC(=O)N(CC(=O)Nc2ccc(N=Nc3ccccc3)cc2)C1=O. The highest BCUT2D eigenvalue weighted by molar-refractivity contribution is 6.10. The topological polar surface area (TPSA) is 127 Å². The molecule has 0 aromatic heterocycles. The Kier molecular flexibility index (Phi) is 6.14. The van der Waals surface area contributed by atoms with Gasteiger partial charge in [-0.1, -0.05) is 30.3 Å². The summed E-state index contributed by atoms with van der Waals surface area (Å²) in [6.07, 6.45) is 0. The first-order chi connectivity index (χ1) is 16.4. The average molecular weight is 452 g/mol. The predicted molar refractivity (Wildman–Crippen MR) is 124 cm³/mol. The van der Waals surface area contributed by atoms with Crippen molar-refractivity contribution >= 4 is 34.9 Å². The lowest BCUT2D eigenvalue weighted by Gasteiger charge is -2.22. The van der Waals surface area contributed by atoms with E-state index in [1.54, 1.807) is 55.5 Å². The fraction of sp³-hybridized carbons (Fsp3) is 0.120. The Balaban J connectivity index is 1.38. The molecular weight excluding hydrogens is 432 g/mol. The third kappa shape index (κ3) is 4.66. The van der Waals surface area contributed by atoms with Crippen LogP contribution in [0.15, 0.2) is 89.1 Å². The van der Waals surface area contributed by atoms with E-state index in [4.69, 9.17) is 5.26 Å². The van der Waals surface area contributed by atoms with E-state index >= 15 is 0 Å². The number of hydrogen-bond acceptors (Lipinski definition) is 6. The van der Waals surface area contributed by atoms with Crippen LogP contribution < -0.4 is 10.6 Å². The minimum atomic E-state index is -1.32. The normalized spacial score (nSPS) is 17.5. The largest absolute Gasteiger partial charge is 0.325 e. The van der Waals surface area contributed by atoms with E-state index < -0.39 is 29.9 Å². The number of nitriles is 1. The number of nitrogens with zero attached hydrogens (tertiary/aromatic N) is 4. The zero-order chi connectivity index (χ0) is 24.1. The molecule has 1 heterocycles. The summed E-state index contributed by atoms with van der Waals surface area (Å²) in [6, 6.07) is 23.7. The lowest BCUT2D eigenvalue weighted by molar-refractivity contribution is -0.133. The Morgan fingerprint density at radius 3 is 2.21 bits per heavy atom. The highest BCUT2D eigenvalue weighted by Gasteiger charge is 2.49. The summed E-state index contributed by atoms with van der Waals surface area (Å²) in [5.41, 5.74) is 1.46. The molecule has 4 rings (SSSR count). The van der Waals surface area contributed by atoms with Crippen LogP contribution in [0.5, 0.6) is 0 Å². The Morgan fingerprint density at radius 2 is 1.59 bits per heavy atom. The van der Waals surface area contributed by atoms with Gasteiger partial charge in [-0.05, 0) is 61.0 Å². The summed E-state index contributed by atoms with van der Waals surface area (Å²) >= 11 is 0. The molecule has 0 spiro atoms. The minimum absolute atomic E-state index is 0.438. The number of hydrogen-bond donors (Lipinski definition) is 2. The van der Waals surface area contributed by atoms with Crippen LogP contribution in [0.1, 0.15) is 18.1 Å². The van der Waals surface area contributed by atoms with Crippen molar-refractivity contribution in [2.45, 2.75) is 12.5 Å². The number of urea groups is 1. The van der Waals surface area contributed by atoms with Gasteiger partial charge in [0.2, 0.25) is 5.91 Å². The van der Waals surface area contributed by atoms with Crippen molar-refractivity contribution in [3.05, 3.63) is 90.0 Å². The fourth-order valence-corrected chi connectivity index (χ4v) is 3.48. The van der Waals surface area contributed by atoms with E-state index in [2.05, 4.69) is 20.9 Å². The van der Waals surface area contributed by atoms with E-state index in [0.717, 1.165) is 10.6 Å². The van der Waals surface area contributed by atoms with E-state index in [1.165, 1.54) is 0 Å². The van der Waals surface area contributed by atoms with Gasteiger partial charge in [0.1, 0.15) is 12.1 Å². The molecule has 34 heavy (non-hydrogen) atoms. The molecule has 3 aromatic carbocycles. The molecule has 4 amide bonds. The van der Waals surface area contributed by atoms with Gasteiger partial charge in [0.15, 0.2) is 0 Å². The number of benzene rings is 3. The Labute approximate surface area is 195 Å². The first-order valence-corrected chi connectivity index (χ1v) is 10.4. The zero-order valence-corrected chi connectivity index (χ0v) is 18.2. The Morgan fingerprint density at radius 1 is 0.971 bits per heavy atom. The number of anilines is 1. The Bertz CT molecular complexity index is 1300. The van der Waals surface area contributed by atoms with Crippen LogP contribution in [0.4, 0.5) is 21.9 Å². The number of imide groups is 1. The van der Waals surface area contributed by atoms with Crippen LogP contribution >= 0.6 is 0 Å². The summed E-state index contributed by atoms with van der Waals surface area (Å²) in [5.74, 6) is -1.07. The predicted octanol–water partition coefficient (Wildman–Crippen LogP) is 4.38. The molecule has 9 nitrogen and oxygen atoms in total. The molecule has 1 aliphatic heterocycles. The number of azo groups is 1. The molecule has 1 aliphatic rings. The van der Waals surface area contributed by atoms with Gasteiger partial charge in [-0.3, -0.25) is 14.5 Å². The monoisotopic (exact) mass is 452 g/mol. The maximum atomic E-state index is 13.0. The highest BCUT2D eigenvalue weighted by Crippen LogP contribution is 2.29. The van der Waals surface area contributed by atoms with Crippen molar-refractivity contribution in [3.8, 4) is 6.07 Å². The van der Waals surface area contributed by atoms with Crippen LogP contribution in [0.2, 0.25) is 0 Å². The molecule has 1 fully saturated rings. The molecule has 168 valence electrons. The second kappa shape index (κ2) is 9.34. The first kappa shape index (κ1) is 22.4. The molecule has 0 saturated carbocycles. The molecule has 1 atom stereocenters.